The van der Waals surface area contributed by atoms with Gasteiger partial charge in [0.25, 0.3) is 0 Å². The van der Waals surface area contributed by atoms with E-state index in [0.29, 0.717) is 13.0 Å². The lowest BCUT2D eigenvalue weighted by Gasteiger charge is -2.03. The SMILES string of the molecule is CCOCC(=O)Cc1cc(C)nn1CC. The molecule has 0 radical (unpaired) electrons. The predicted molar refractivity (Wildman–Crippen MR) is 57.8 cm³/mol. The molecular formula is C11H18N2O2. The molecule has 0 saturated carbocycles. The first-order valence-electron chi connectivity index (χ1n) is 5.30. The Balaban J connectivity index is 2.59. The van der Waals surface area contributed by atoms with Gasteiger partial charge in [0.05, 0.1) is 12.1 Å². The molecule has 0 saturated heterocycles. The first kappa shape index (κ1) is 11.9. The number of nitrogens with zero attached hydrogens (tertiary/aromatic N) is 2. The van der Waals surface area contributed by atoms with Crippen LogP contribution in [0.15, 0.2) is 6.07 Å². The summed E-state index contributed by atoms with van der Waals surface area (Å²) in [5.41, 5.74) is 1.93. The second kappa shape index (κ2) is 5.66. The van der Waals surface area contributed by atoms with Crippen LogP contribution in [0.25, 0.3) is 0 Å². The van der Waals surface area contributed by atoms with E-state index in [-0.39, 0.29) is 12.4 Å². The third-order valence-corrected chi connectivity index (χ3v) is 2.13. The number of ketones is 1. The Morgan fingerprint density at radius 3 is 2.87 bits per heavy atom. The van der Waals surface area contributed by atoms with Crippen LogP contribution >= 0.6 is 0 Å². The Morgan fingerprint density at radius 1 is 1.53 bits per heavy atom. The summed E-state index contributed by atoms with van der Waals surface area (Å²) in [6, 6.07) is 1.95. The van der Waals surface area contributed by atoms with Crippen molar-refractivity contribution in [3.8, 4) is 0 Å². The van der Waals surface area contributed by atoms with Crippen molar-refractivity contribution in [1.29, 1.82) is 0 Å². The van der Waals surface area contributed by atoms with Crippen LogP contribution in [0.3, 0.4) is 0 Å². The number of hydrogen-bond donors (Lipinski definition) is 0. The average Bonchev–Trinajstić information content (AvgIpc) is 2.55. The molecule has 1 aromatic rings. The van der Waals surface area contributed by atoms with Gasteiger partial charge in [0.2, 0.25) is 0 Å². The molecule has 0 unspecified atom stereocenters. The van der Waals surface area contributed by atoms with Gasteiger partial charge in [-0.25, -0.2) is 0 Å². The van der Waals surface area contributed by atoms with E-state index in [4.69, 9.17) is 4.74 Å². The van der Waals surface area contributed by atoms with Crippen molar-refractivity contribution >= 4 is 5.78 Å². The highest BCUT2D eigenvalue weighted by atomic mass is 16.5. The maximum Gasteiger partial charge on any atom is 0.164 e. The van der Waals surface area contributed by atoms with Gasteiger partial charge in [0.15, 0.2) is 5.78 Å². The standard InChI is InChI=1S/C11H18N2O2/c1-4-13-10(6-9(3)12-13)7-11(14)8-15-5-2/h6H,4-5,7-8H2,1-3H3. The molecule has 0 aliphatic rings. The lowest BCUT2D eigenvalue weighted by atomic mass is 10.2. The Bertz CT molecular complexity index is 331. The Labute approximate surface area is 90.2 Å². The molecule has 0 N–H and O–H groups in total. The van der Waals surface area contributed by atoms with E-state index in [1.807, 2.05) is 31.5 Å². The van der Waals surface area contributed by atoms with Crippen molar-refractivity contribution in [3.63, 3.8) is 0 Å². The number of Topliss-reactive ketones (excluding diaryl/α,β-unsaturated/α-hetero) is 1. The van der Waals surface area contributed by atoms with Crippen molar-refractivity contribution in [2.75, 3.05) is 13.2 Å². The zero-order valence-electron chi connectivity index (χ0n) is 9.62. The quantitative estimate of drug-likeness (QED) is 0.712. The second-order valence-corrected chi connectivity index (χ2v) is 3.45. The van der Waals surface area contributed by atoms with Gasteiger partial charge in [-0.3, -0.25) is 9.48 Å². The first-order valence-corrected chi connectivity index (χ1v) is 5.30. The van der Waals surface area contributed by atoms with Gasteiger partial charge >= 0.3 is 0 Å². The van der Waals surface area contributed by atoms with Crippen LogP contribution in [0.2, 0.25) is 0 Å². The molecular weight excluding hydrogens is 192 g/mol. The molecule has 0 aliphatic carbocycles. The number of aryl methyl sites for hydroxylation is 2. The molecule has 4 nitrogen and oxygen atoms in total. The summed E-state index contributed by atoms with van der Waals surface area (Å²) >= 11 is 0. The zero-order chi connectivity index (χ0) is 11.3. The van der Waals surface area contributed by atoms with Crippen LogP contribution in [0.1, 0.15) is 25.2 Å². The zero-order valence-corrected chi connectivity index (χ0v) is 9.62. The third kappa shape index (κ3) is 3.47. The van der Waals surface area contributed by atoms with Crippen molar-refractivity contribution < 1.29 is 9.53 Å². The van der Waals surface area contributed by atoms with Crippen LogP contribution in [-0.2, 0) is 22.5 Å². The number of carbonyl (C=O) groups excluding carboxylic acids is 1. The van der Waals surface area contributed by atoms with Gasteiger partial charge in [0.1, 0.15) is 6.61 Å². The van der Waals surface area contributed by atoms with Crippen LogP contribution in [0, 0.1) is 6.92 Å². The highest BCUT2D eigenvalue weighted by molar-refractivity contribution is 5.81. The molecule has 15 heavy (non-hydrogen) atoms. The molecule has 84 valence electrons. The Hall–Kier alpha value is -1.16. The van der Waals surface area contributed by atoms with E-state index in [2.05, 4.69) is 5.10 Å². The minimum Gasteiger partial charge on any atom is -0.374 e. The molecule has 0 aromatic carbocycles. The molecule has 4 heteroatoms. The summed E-state index contributed by atoms with van der Waals surface area (Å²) in [5.74, 6) is 0.103. The number of rotatable bonds is 6. The monoisotopic (exact) mass is 210 g/mol. The molecule has 1 heterocycles. The highest BCUT2D eigenvalue weighted by Crippen LogP contribution is 2.05. The van der Waals surface area contributed by atoms with Crippen LogP contribution in [0.5, 0.6) is 0 Å². The fraction of sp³-hybridized carbons (Fsp3) is 0.636. The molecule has 0 bridgehead atoms. The molecule has 0 aliphatic heterocycles. The number of carbonyl (C=O) groups is 1. The third-order valence-electron chi connectivity index (χ3n) is 2.13. The number of ether oxygens (including phenoxy) is 1. The minimum atomic E-state index is 0.103. The minimum absolute atomic E-state index is 0.103. The van der Waals surface area contributed by atoms with Crippen LogP contribution in [-0.4, -0.2) is 28.8 Å². The van der Waals surface area contributed by atoms with Crippen LogP contribution < -0.4 is 0 Å². The molecule has 0 fully saturated rings. The maximum absolute atomic E-state index is 11.5. The predicted octanol–water partition coefficient (Wildman–Crippen LogP) is 1.36. The van der Waals surface area contributed by atoms with E-state index < -0.39 is 0 Å². The van der Waals surface area contributed by atoms with Gasteiger partial charge in [-0.1, -0.05) is 0 Å². The summed E-state index contributed by atoms with van der Waals surface area (Å²) in [6.07, 6.45) is 0.411. The van der Waals surface area contributed by atoms with E-state index in [1.54, 1.807) is 0 Å². The molecule has 1 rings (SSSR count). The normalized spacial score (nSPS) is 10.6. The van der Waals surface area contributed by atoms with Gasteiger partial charge < -0.3 is 4.74 Å². The fourth-order valence-corrected chi connectivity index (χ4v) is 1.48. The fourth-order valence-electron chi connectivity index (χ4n) is 1.48. The number of hydrogen-bond acceptors (Lipinski definition) is 3. The second-order valence-electron chi connectivity index (χ2n) is 3.45. The van der Waals surface area contributed by atoms with Crippen molar-refractivity contribution in [3.05, 3.63) is 17.5 Å². The van der Waals surface area contributed by atoms with E-state index in [1.165, 1.54) is 0 Å². The molecule has 0 spiro atoms. The van der Waals surface area contributed by atoms with E-state index in [0.717, 1.165) is 17.9 Å². The van der Waals surface area contributed by atoms with Gasteiger partial charge in [0, 0.05) is 18.8 Å². The topological polar surface area (TPSA) is 44.1 Å². The van der Waals surface area contributed by atoms with Gasteiger partial charge in [-0.05, 0) is 26.8 Å². The summed E-state index contributed by atoms with van der Waals surface area (Å²) in [4.78, 5) is 11.5. The van der Waals surface area contributed by atoms with Crippen molar-refractivity contribution in [2.45, 2.75) is 33.7 Å². The number of aromatic nitrogens is 2. The largest absolute Gasteiger partial charge is 0.374 e. The molecule has 0 amide bonds. The Morgan fingerprint density at radius 2 is 2.27 bits per heavy atom. The summed E-state index contributed by atoms with van der Waals surface area (Å²) in [6.45, 7) is 7.41. The summed E-state index contributed by atoms with van der Waals surface area (Å²) in [7, 11) is 0. The van der Waals surface area contributed by atoms with E-state index in [9.17, 15) is 4.79 Å². The van der Waals surface area contributed by atoms with Crippen LogP contribution in [0.4, 0.5) is 0 Å². The van der Waals surface area contributed by atoms with E-state index >= 15 is 0 Å². The maximum atomic E-state index is 11.5. The average molecular weight is 210 g/mol. The van der Waals surface area contributed by atoms with Gasteiger partial charge in [-0.15, -0.1) is 0 Å². The van der Waals surface area contributed by atoms with Crippen molar-refractivity contribution in [2.24, 2.45) is 0 Å². The molecule has 1 aromatic heterocycles. The summed E-state index contributed by atoms with van der Waals surface area (Å²) in [5, 5.41) is 4.29. The lowest BCUT2D eigenvalue weighted by molar-refractivity contribution is -0.122. The first-order chi connectivity index (χ1) is 7.17. The van der Waals surface area contributed by atoms with Crippen molar-refractivity contribution in [1.82, 2.24) is 9.78 Å². The molecule has 0 atom stereocenters. The lowest BCUT2D eigenvalue weighted by Crippen LogP contribution is -2.14. The van der Waals surface area contributed by atoms with Gasteiger partial charge in [-0.2, -0.15) is 5.10 Å². The smallest absolute Gasteiger partial charge is 0.164 e. The summed E-state index contributed by atoms with van der Waals surface area (Å²) < 4.78 is 6.93. The Kier molecular flexibility index (Phi) is 4.49. The highest BCUT2D eigenvalue weighted by Gasteiger charge is 2.09.